The molecule has 16 nitrogen and oxygen atoms in total. The van der Waals surface area contributed by atoms with Crippen molar-refractivity contribution in [3.63, 3.8) is 0 Å². The summed E-state index contributed by atoms with van der Waals surface area (Å²) in [6, 6.07) is 20.4. The maximum Gasteiger partial charge on any atom is 0.246 e. The number of nitrogens with zero attached hydrogens (tertiary/aromatic N) is 6. The number of likely N-dealkylation sites (tertiary alicyclic amines) is 1. The average molecular weight is 1110 g/mol. The number of aliphatic hydroxyl groups excluding tert-OH is 1. The second-order valence-corrected chi connectivity index (χ2v) is 21.8. The standard InChI is InChI=1S/C57H72BrN9O7S/c1-37(2)51(66-34-43-14-6-7-17-47(43)39(66)4)56(71)67-35-45(68)31-49(67)54(69)60-32-42-19-18-41(52-38(3)62-36-75-52)30-50(42)74-29-11-9-27-72-26-8-10-28-73-46-22-20-44(21-23-46)63-57-61-33-48(58)53(64-57)59-24-13-25-65(5)55(70)40-15-12-16-40/h6-7,14,17-23,30,33,36-37,40,45,49,51,68H,4,8-13,15-16,24-29,31-32,34-35H2,1-3,5H3,(H,60,69)(H2,59,61,63,64)/t45-,49+,51+/m1/s1. The Morgan fingerprint density at radius 1 is 0.960 bits per heavy atom. The van der Waals surface area contributed by atoms with Crippen LogP contribution >= 0.6 is 27.3 Å². The lowest BCUT2D eigenvalue weighted by atomic mass is 9.84. The summed E-state index contributed by atoms with van der Waals surface area (Å²) in [5.41, 5.74) is 8.35. The molecular formula is C57H72BrN9O7S. The van der Waals surface area contributed by atoms with E-state index in [-0.39, 0.29) is 49.1 Å². The van der Waals surface area contributed by atoms with Gasteiger partial charge in [-0.2, -0.15) is 4.98 Å². The van der Waals surface area contributed by atoms with E-state index in [9.17, 15) is 19.5 Å². The number of unbranched alkanes of at least 4 members (excludes halogenated alkanes) is 2. The third-order valence-electron chi connectivity index (χ3n) is 14.2. The van der Waals surface area contributed by atoms with Gasteiger partial charge in [0.05, 0.1) is 39.9 Å². The van der Waals surface area contributed by atoms with Crippen LogP contribution in [0.25, 0.3) is 16.1 Å². The van der Waals surface area contributed by atoms with Crippen molar-refractivity contribution in [2.45, 2.75) is 110 Å². The lowest BCUT2D eigenvalue weighted by Gasteiger charge is -2.36. The number of β-amino-alcohol motifs (C(OH)–C–C–N with tert-alkyl or cyclic N) is 1. The first-order valence-corrected chi connectivity index (χ1v) is 28.1. The van der Waals surface area contributed by atoms with Crippen LogP contribution in [0.4, 0.5) is 17.5 Å². The molecule has 3 aromatic carbocycles. The number of carbonyl (C=O) groups is 3. The van der Waals surface area contributed by atoms with Crippen molar-refractivity contribution in [1.29, 1.82) is 0 Å². The van der Waals surface area contributed by atoms with Crippen molar-refractivity contribution in [2.24, 2.45) is 11.8 Å². The number of hydrogen-bond acceptors (Lipinski definition) is 14. The van der Waals surface area contributed by atoms with E-state index < -0.39 is 18.2 Å². The zero-order valence-corrected chi connectivity index (χ0v) is 46.1. The number of aryl methyl sites for hydroxylation is 1. The number of rotatable bonds is 27. The summed E-state index contributed by atoms with van der Waals surface area (Å²) >= 11 is 5.11. The molecule has 0 spiro atoms. The van der Waals surface area contributed by atoms with Crippen LogP contribution in [-0.2, 0) is 32.2 Å². The van der Waals surface area contributed by atoms with Crippen LogP contribution in [0.15, 0.2) is 89.5 Å². The van der Waals surface area contributed by atoms with Gasteiger partial charge in [0, 0.05) is 94.0 Å². The highest BCUT2D eigenvalue weighted by atomic mass is 79.9. The Morgan fingerprint density at radius 2 is 1.71 bits per heavy atom. The van der Waals surface area contributed by atoms with E-state index in [1.54, 1.807) is 22.4 Å². The number of amides is 3. The molecule has 400 valence electrons. The Balaban J connectivity index is 0.734. The number of nitrogens with one attached hydrogen (secondary N) is 3. The van der Waals surface area contributed by atoms with Gasteiger partial charge in [0.2, 0.25) is 23.7 Å². The Morgan fingerprint density at radius 3 is 2.41 bits per heavy atom. The van der Waals surface area contributed by atoms with Gasteiger partial charge in [-0.25, -0.2) is 9.97 Å². The third-order valence-corrected chi connectivity index (χ3v) is 15.7. The van der Waals surface area contributed by atoms with Gasteiger partial charge >= 0.3 is 0 Å². The molecule has 3 atom stereocenters. The number of ether oxygens (including phenoxy) is 3. The van der Waals surface area contributed by atoms with Gasteiger partial charge in [0.15, 0.2) is 0 Å². The largest absolute Gasteiger partial charge is 0.494 e. The van der Waals surface area contributed by atoms with E-state index in [0.717, 1.165) is 106 Å². The summed E-state index contributed by atoms with van der Waals surface area (Å²) in [5.74, 6) is 2.52. The number of benzene rings is 3. The highest BCUT2D eigenvalue weighted by Gasteiger charge is 2.44. The number of anilines is 3. The molecule has 18 heteroatoms. The van der Waals surface area contributed by atoms with Crippen molar-refractivity contribution < 1.29 is 33.7 Å². The number of aliphatic hydroxyl groups is 1. The summed E-state index contributed by atoms with van der Waals surface area (Å²) in [6.07, 6.45) is 8.39. The van der Waals surface area contributed by atoms with Gasteiger partial charge < -0.3 is 50.0 Å². The van der Waals surface area contributed by atoms with Crippen LogP contribution in [0.2, 0.25) is 0 Å². The molecular weight excluding hydrogens is 1030 g/mol. The lowest BCUT2D eigenvalue weighted by Crippen LogP contribution is -2.54. The zero-order chi connectivity index (χ0) is 52.8. The maximum absolute atomic E-state index is 14.4. The first kappa shape index (κ1) is 55.2. The van der Waals surface area contributed by atoms with Gasteiger partial charge in [-0.3, -0.25) is 14.4 Å². The fourth-order valence-corrected chi connectivity index (χ4v) is 10.9. The molecule has 0 unspecified atom stereocenters. The van der Waals surface area contributed by atoms with Crippen LogP contribution < -0.4 is 25.4 Å². The van der Waals surface area contributed by atoms with Gasteiger partial charge in [-0.1, -0.05) is 63.2 Å². The van der Waals surface area contributed by atoms with Crippen molar-refractivity contribution in [1.82, 2.24) is 35.0 Å². The van der Waals surface area contributed by atoms with E-state index in [1.165, 1.54) is 0 Å². The molecule has 2 fully saturated rings. The number of thiazole rings is 1. The Kier molecular flexibility index (Phi) is 19.6. The molecule has 8 rings (SSSR count). The van der Waals surface area contributed by atoms with Crippen LogP contribution in [-0.4, -0.2) is 124 Å². The molecule has 0 radical (unpaired) electrons. The average Bonchev–Trinajstić information content (AvgIpc) is 4.10. The summed E-state index contributed by atoms with van der Waals surface area (Å²) in [5, 5.41) is 20.5. The Labute approximate surface area is 453 Å². The first-order chi connectivity index (χ1) is 36.3. The summed E-state index contributed by atoms with van der Waals surface area (Å²) in [6.45, 7) is 14.9. The minimum atomic E-state index is -0.812. The van der Waals surface area contributed by atoms with Crippen molar-refractivity contribution in [3.05, 3.63) is 112 Å². The highest BCUT2D eigenvalue weighted by molar-refractivity contribution is 9.10. The molecule has 3 amide bonds. The van der Waals surface area contributed by atoms with Crippen LogP contribution in [0, 0.1) is 18.8 Å². The van der Waals surface area contributed by atoms with Crippen molar-refractivity contribution in [3.8, 4) is 21.9 Å². The van der Waals surface area contributed by atoms with Crippen LogP contribution in [0.1, 0.15) is 94.0 Å². The SMILES string of the molecule is C=C1c2ccccc2CN1[C@H](C(=O)N1C[C@H](O)C[C@H]1C(=O)NCc1ccc(-c2scnc2C)cc1OCCCCOCCCCOc1ccc(Nc2ncc(Br)c(NCCCN(C)C(=O)C3CCC3)n2)cc1)C(C)C. The molecule has 3 aliphatic rings. The molecule has 4 heterocycles. The fourth-order valence-electron chi connectivity index (χ4n) is 9.75. The quantitative estimate of drug-likeness (QED) is 0.0365. The molecule has 75 heavy (non-hydrogen) atoms. The van der Waals surface area contributed by atoms with Gasteiger partial charge in [-0.05, 0) is 115 Å². The van der Waals surface area contributed by atoms with E-state index in [2.05, 4.69) is 59.5 Å². The Hall–Kier alpha value is -6.08. The Bertz CT molecular complexity index is 2740. The molecule has 1 aliphatic carbocycles. The van der Waals surface area contributed by atoms with Crippen molar-refractivity contribution >= 4 is 68.1 Å². The maximum atomic E-state index is 14.4. The minimum Gasteiger partial charge on any atom is -0.494 e. The second-order valence-electron chi connectivity index (χ2n) is 20.1. The van der Waals surface area contributed by atoms with Crippen molar-refractivity contribution in [2.75, 3.05) is 63.7 Å². The second kappa shape index (κ2) is 26.6. The smallest absolute Gasteiger partial charge is 0.246 e. The van der Waals surface area contributed by atoms with Gasteiger partial charge in [0.1, 0.15) is 29.4 Å². The summed E-state index contributed by atoms with van der Waals surface area (Å²) in [7, 11) is 1.88. The number of carbonyl (C=O) groups excluding carboxylic acids is 3. The van der Waals surface area contributed by atoms with E-state index >= 15 is 0 Å². The summed E-state index contributed by atoms with van der Waals surface area (Å²) in [4.78, 5) is 60.8. The fraction of sp³-hybridized carbons (Fsp3) is 0.474. The molecule has 1 saturated heterocycles. The van der Waals surface area contributed by atoms with E-state index in [1.807, 2.05) is 104 Å². The predicted molar refractivity (Wildman–Crippen MR) is 298 cm³/mol. The number of hydrogen-bond donors (Lipinski definition) is 4. The predicted octanol–water partition coefficient (Wildman–Crippen LogP) is 9.60. The number of fused-ring (bicyclic) bond motifs is 1. The van der Waals surface area contributed by atoms with E-state index in [0.29, 0.717) is 63.6 Å². The molecule has 5 aromatic rings. The lowest BCUT2D eigenvalue weighted by molar-refractivity contribution is -0.143. The first-order valence-electron chi connectivity index (χ1n) is 26.4. The van der Waals surface area contributed by atoms with Gasteiger partial charge in [-0.15, -0.1) is 11.3 Å². The van der Waals surface area contributed by atoms with Gasteiger partial charge in [0.25, 0.3) is 0 Å². The zero-order valence-electron chi connectivity index (χ0n) is 43.7. The molecule has 1 saturated carbocycles. The van der Waals surface area contributed by atoms with Crippen LogP contribution in [0.3, 0.4) is 0 Å². The summed E-state index contributed by atoms with van der Waals surface area (Å²) < 4.78 is 19.1. The topological polar surface area (TPSA) is 184 Å². The normalized spacial score (nSPS) is 16.7. The molecule has 0 bridgehead atoms. The minimum absolute atomic E-state index is 0.0611. The van der Waals surface area contributed by atoms with E-state index in [4.69, 9.17) is 14.2 Å². The molecule has 4 N–H and O–H groups in total. The highest BCUT2D eigenvalue weighted by Crippen LogP contribution is 2.37. The monoisotopic (exact) mass is 1110 g/mol. The number of aromatic nitrogens is 3. The molecule has 2 aromatic heterocycles. The molecule has 2 aliphatic heterocycles. The third kappa shape index (κ3) is 14.4. The van der Waals surface area contributed by atoms with Crippen LogP contribution in [0.5, 0.6) is 11.5 Å². The number of halogens is 1.